The molecule has 1 aliphatic carbocycles. The third-order valence-corrected chi connectivity index (χ3v) is 6.34. The lowest BCUT2D eigenvalue weighted by molar-refractivity contribution is -0.136. The number of benzene rings is 2. The number of hydrogen-bond acceptors (Lipinski definition) is 5. The van der Waals surface area contributed by atoms with E-state index in [1.807, 2.05) is 36.4 Å². The molecule has 0 saturated heterocycles. The standard InChI is InChI=1S/C29H31N3O3/c1-21-23(13-8-14-26(21)24-11-6-3-7-12-24)15-16-25-17-28(35-20-22-9-4-2-5-10-22)27(32-31-25)18-30-19-29(33)34/h3,6-8,11-14,17,22,30H,2,4-5,9-10,18-20H2,1H3,(H,33,34). The van der Waals surface area contributed by atoms with E-state index in [0.29, 0.717) is 29.7 Å². The molecule has 0 unspecified atom stereocenters. The molecule has 0 radical (unpaired) electrons. The Morgan fingerprint density at radius 3 is 2.63 bits per heavy atom. The molecule has 2 aromatic carbocycles. The van der Waals surface area contributed by atoms with Gasteiger partial charge in [-0.25, -0.2) is 0 Å². The van der Waals surface area contributed by atoms with Gasteiger partial charge in [-0.2, -0.15) is 0 Å². The van der Waals surface area contributed by atoms with Gasteiger partial charge >= 0.3 is 5.97 Å². The van der Waals surface area contributed by atoms with E-state index >= 15 is 0 Å². The zero-order chi connectivity index (χ0) is 24.5. The molecule has 3 aromatic rings. The fourth-order valence-electron chi connectivity index (χ4n) is 4.39. The van der Waals surface area contributed by atoms with E-state index in [-0.39, 0.29) is 13.1 Å². The van der Waals surface area contributed by atoms with Crippen molar-refractivity contribution in [3.63, 3.8) is 0 Å². The molecule has 2 N–H and O–H groups in total. The van der Waals surface area contributed by atoms with Crippen LogP contribution in [-0.2, 0) is 11.3 Å². The third kappa shape index (κ3) is 6.91. The van der Waals surface area contributed by atoms with Gasteiger partial charge in [-0.05, 0) is 54.4 Å². The van der Waals surface area contributed by atoms with Crippen molar-refractivity contribution in [3.05, 3.63) is 77.1 Å². The molecule has 0 atom stereocenters. The second-order valence-electron chi connectivity index (χ2n) is 8.95. The first-order valence-corrected chi connectivity index (χ1v) is 12.2. The van der Waals surface area contributed by atoms with Gasteiger partial charge in [-0.1, -0.05) is 67.6 Å². The number of aliphatic carboxylic acids is 1. The monoisotopic (exact) mass is 469 g/mol. The Bertz CT molecular complexity index is 1210. The lowest BCUT2D eigenvalue weighted by atomic mass is 9.90. The summed E-state index contributed by atoms with van der Waals surface area (Å²) in [5.41, 5.74) is 5.47. The van der Waals surface area contributed by atoms with Crippen LogP contribution in [0.5, 0.6) is 5.75 Å². The smallest absolute Gasteiger partial charge is 0.317 e. The van der Waals surface area contributed by atoms with Crippen LogP contribution in [0.25, 0.3) is 11.1 Å². The van der Waals surface area contributed by atoms with Crippen molar-refractivity contribution >= 4 is 5.97 Å². The highest BCUT2D eigenvalue weighted by molar-refractivity contribution is 5.70. The van der Waals surface area contributed by atoms with Crippen LogP contribution in [0.2, 0.25) is 0 Å². The summed E-state index contributed by atoms with van der Waals surface area (Å²) >= 11 is 0. The number of hydrogen-bond donors (Lipinski definition) is 2. The largest absolute Gasteiger partial charge is 0.491 e. The van der Waals surface area contributed by atoms with E-state index in [1.165, 1.54) is 32.1 Å². The zero-order valence-corrected chi connectivity index (χ0v) is 20.1. The molecular formula is C29H31N3O3. The summed E-state index contributed by atoms with van der Waals surface area (Å²) < 4.78 is 6.17. The van der Waals surface area contributed by atoms with E-state index in [2.05, 4.69) is 52.5 Å². The second-order valence-corrected chi connectivity index (χ2v) is 8.95. The average molecular weight is 470 g/mol. The molecule has 1 heterocycles. The molecule has 1 aliphatic rings. The van der Waals surface area contributed by atoms with Gasteiger partial charge in [0.25, 0.3) is 0 Å². The van der Waals surface area contributed by atoms with Gasteiger partial charge in [0.1, 0.15) is 17.1 Å². The molecule has 6 nitrogen and oxygen atoms in total. The molecular weight excluding hydrogens is 438 g/mol. The lowest BCUT2D eigenvalue weighted by Crippen LogP contribution is -2.23. The predicted molar refractivity (Wildman–Crippen MR) is 136 cm³/mol. The highest BCUT2D eigenvalue weighted by Gasteiger charge is 2.16. The Labute approximate surface area is 206 Å². The first-order chi connectivity index (χ1) is 17.1. The predicted octanol–water partition coefficient (Wildman–Crippen LogP) is 4.99. The number of rotatable bonds is 8. The Balaban J connectivity index is 1.55. The van der Waals surface area contributed by atoms with Crippen LogP contribution in [0.3, 0.4) is 0 Å². The summed E-state index contributed by atoms with van der Waals surface area (Å²) in [6.45, 7) is 2.82. The summed E-state index contributed by atoms with van der Waals surface area (Å²) in [6, 6.07) is 18.2. The molecule has 0 spiro atoms. The first kappa shape index (κ1) is 24.4. The molecule has 0 bridgehead atoms. The molecule has 0 aliphatic heterocycles. The van der Waals surface area contributed by atoms with Crippen molar-refractivity contribution in [2.45, 2.75) is 45.6 Å². The molecule has 1 fully saturated rings. The van der Waals surface area contributed by atoms with Gasteiger partial charge in [0, 0.05) is 18.2 Å². The Morgan fingerprint density at radius 2 is 1.86 bits per heavy atom. The van der Waals surface area contributed by atoms with Crippen LogP contribution in [0.4, 0.5) is 0 Å². The summed E-state index contributed by atoms with van der Waals surface area (Å²) in [5.74, 6) is 6.62. The van der Waals surface area contributed by atoms with Gasteiger partial charge in [0.05, 0.1) is 13.2 Å². The fourth-order valence-corrected chi connectivity index (χ4v) is 4.39. The van der Waals surface area contributed by atoms with Crippen LogP contribution < -0.4 is 10.1 Å². The number of ether oxygens (including phenoxy) is 1. The molecule has 180 valence electrons. The highest BCUT2D eigenvalue weighted by Crippen LogP contribution is 2.27. The van der Waals surface area contributed by atoms with Crippen molar-refractivity contribution in [1.29, 1.82) is 0 Å². The quantitative estimate of drug-likeness (QED) is 0.453. The summed E-state index contributed by atoms with van der Waals surface area (Å²) in [5, 5.41) is 20.4. The van der Waals surface area contributed by atoms with Gasteiger partial charge in [-0.15, -0.1) is 10.2 Å². The van der Waals surface area contributed by atoms with E-state index in [9.17, 15) is 4.79 Å². The zero-order valence-electron chi connectivity index (χ0n) is 20.1. The van der Waals surface area contributed by atoms with Crippen LogP contribution in [0.15, 0.2) is 54.6 Å². The van der Waals surface area contributed by atoms with Crippen LogP contribution in [0, 0.1) is 24.7 Å². The lowest BCUT2D eigenvalue weighted by Gasteiger charge is -2.22. The third-order valence-electron chi connectivity index (χ3n) is 6.34. The van der Waals surface area contributed by atoms with Crippen molar-refractivity contribution < 1.29 is 14.6 Å². The summed E-state index contributed by atoms with van der Waals surface area (Å²) in [7, 11) is 0. The average Bonchev–Trinajstić information content (AvgIpc) is 2.88. The van der Waals surface area contributed by atoms with E-state index in [1.54, 1.807) is 0 Å². The fraction of sp³-hybridized carbons (Fsp3) is 0.345. The van der Waals surface area contributed by atoms with Crippen LogP contribution in [-0.4, -0.2) is 34.4 Å². The summed E-state index contributed by atoms with van der Waals surface area (Å²) in [4.78, 5) is 10.9. The Hall–Kier alpha value is -3.69. The SMILES string of the molecule is Cc1c(C#Cc2cc(OCC3CCCCC3)c(CNCC(=O)O)nn2)cccc1-c1ccccc1. The van der Waals surface area contributed by atoms with Gasteiger partial charge in [-0.3, -0.25) is 4.79 Å². The maximum atomic E-state index is 10.9. The maximum Gasteiger partial charge on any atom is 0.317 e. The second kappa shape index (κ2) is 12.1. The minimum atomic E-state index is -0.918. The first-order valence-electron chi connectivity index (χ1n) is 12.2. The topological polar surface area (TPSA) is 84.3 Å². The van der Waals surface area contributed by atoms with Crippen LogP contribution >= 0.6 is 0 Å². The van der Waals surface area contributed by atoms with Gasteiger partial charge in [0.15, 0.2) is 0 Å². The molecule has 6 heteroatoms. The minimum absolute atomic E-state index is 0.150. The minimum Gasteiger partial charge on any atom is -0.491 e. The number of aromatic nitrogens is 2. The maximum absolute atomic E-state index is 10.9. The normalized spacial score (nSPS) is 13.6. The van der Waals surface area contributed by atoms with E-state index in [0.717, 1.165) is 22.3 Å². The van der Waals surface area contributed by atoms with Crippen molar-refractivity contribution in [3.8, 4) is 28.7 Å². The molecule has 0 amide bonds. The Morgan fingerprint density at radius 1 is 1.06 bits per heavy atom. The number of carboxylic acids is 1. The number of nitrogens with zero attached hydrogens (tertiary/aromatic N) is 2. The molecule has 1 saturated carbocycles. The molecule has 1 aromatic heterocycles. The number of nitrogens with one attached hydrogen (secondary N) is 1. The van der Waals surface area contributed by atoms with Crippen molar-refractivity contribution in [2.75, 3.05) is 13.2 Å². The molecule has 4 rings (SSSR count). The van der Waals surface area contributed by atoms with E-state index in [4.69, 9.17) is 9.84 Å². The van der Waals surface area contributed by atoms with Gasteiger partial charge < -0.3 is 15.2 Å². The van der Waals surface area contributed by atoms with Gasteiger partial charge in [0.2, 0.25) is 0 Å². The Kier molecular flexibility index (Phi) is 8.48. The van der Waals surface area contributed by atoms with Crippen molar-refractivity contribution in [2.24, 2.45) is 5.92 Å². The van der Waals surface area contributed by atoms with Crippen LogP contribution in [0.1, 0.15) is 54.6 Å². The number of carbonyl (C=O) groups is 1. The van der Waals surface area contributed by atoms with E-state index < -0.39 is 5.97 Å². The highest BCUT2D eigenvalue weighted by atomic mass is 16.5. The summed E-state index contributed by atoms with van der Waals surface area (Å²) in [6.07, 6.45) is 6.13. The molecule has 35 heavy (non-hydrogen) atoms. The number of carboxylic acid groups (broad SMARTS) is 1. The van der Waals surface area contributed by atoms with Crippen molar-refractivity contribution in [1.82, 2.24) is 15.5 Å².